The van der Waals surface area contributed by atoms with Crippen molar-refractivity contribution in [2.75, 3.05) is 31.6 Å². The fraction of sp³-hybridized carbons (Fsp3) is 0.350. The maximum atomic E-state index is 12.4. The first-order chi connectivity index (χ1) is 13.5. The number of aromatic nitrogens is 2. The number of anilines is 1. The Morgan fingerprint density at radius 2 is 1.93 bits per heavy atom. The van der Waals surface area contributed by atoms with Crippen molar-refractivity contribution < 1.29 is 14.3 Å². The lowest BCUT2D eigenvalue weighted by Crippen LogP contribution is -2.27. The molecular formula is C20H24N4O3S. The molecule has 0 atom stereocenters. The van der Waals surface area contributed by atoms with Gasteiger partial charge in [-0.05, 0) is 44.3 Å². The predicted octanol–water partition coefficient (Wildman–Crippen LogP) is 3.46. The molecule has 0 saturated heterocycles. The minimum Gasteiger partial charge on any atom is -0.461 e. The number of thiazole rings is 1. The zero-order valence-electron chi connectivity index (χ0n) is 16.3. The van der Waals surface area contributed by atoms with E-state index in [4.69, 9.17) is 4.74 Å². The molecule has 2 aromatic heterocycles. The minimum atomic E-state index is -0.366. The van der Waals surface area contributed by atoms with Crippen LogP contribution in [0.3, 0.4) is 0 Å². The van der Waals surface area contributed by atoms with Gasteiger partial charge in [-0.1, -0.05) is 13.8 Å². The number of aryl methyl sites for hydroxylation is 1. The van der Waals surface area contributed by atoms with E-state index in [-0.39, 0.29) is 11.9 Å². The average molecular weight is 401 g/mol. The fourth-order valence-electron chi connectivity index (χ4n) is 2.78. The van der Waals surface area contributed by atoms with Gasteiger partial charge in [0.1, 0.15) is 12.3 Å². The molecule has 3 rings (SSSR count). The molecule has 28 heavy (non-hydrogen) atoms. The van der Waals surface area contributed by atoms with E-state index in [0.29, 0.717) is 30.1 Å². The Morgan fingerprint density at radius 1 is 1.21 bits per heavy atom. The lowest BCUT2D eigenvalue weighted by atomic mass is 10.2. The third-order valence-corrected chi connectivity index (χ3v) is 5.49. The van der Waals surface area contributed by atoms with Crippen LogP contribution >= 0.6 is 11.3 Å². The summed E-state index contributed by atoms with van der Waals surface area (Å²) in [7, 11) is 0. The van der Waals surface area contributed by atoms with E-state index in [9.17, 15) is 9.59 Å². The first kappa shape index (κ1) is 20.0. The molecule has 8 heteroatoms. The van der Waals surface area contributed by atoms with Gasteiger partial charge in [-0.2, -0.15) is 0 Å². The monoisotopic (exact) mass is 400 g/mol. The molecule has 0 bridgehead atoms. The lowest BCUT2D eigenvalue weighted by Gasteiger charge is -2.17. The van der Waals surface area contributed by atoms with Gasteiger partial charge in [0.15, 0.2) is 4.96 Å². The van der Waals surface area contributed by atoms with Crippen molar-refractivity contribution in [3.8, 4) is 0 Å². The van der Waals surface area contributed by atoms with Gasteiger partial charge in [0.25, 0.3) is 5.91 Å². The van der Waals surface area contributed by atoms with Crippen LogP contribution in [-0.4, -0.2) is 52.4 Å². The van der Waals surface area contributed by atoms with Crippen LogP contribution in [-0.2, 0) is 4.74 Å². The van der Waals surface area contributed by atoms with Crippen molar-refractivity contribution in [2.45, 2.75) is 20.8 Å². The quantitative estimate of drug-likeness (QED) is 0.586. The van der Waals surface area contributed by atoms with Gasteiger partial charge in [-0.3, -0.25) is 9.20 Å². The number of hydrogen-bond acceptors (Lipinski definition) is 6. The number of imidazole rings is 1. The number of hydrogen-bond donors (Lipinski definition) is 1. The number of carbonyl (C=O) groups excluding carboxylic acids is 2. The lowest BCUT2D eigenvalue weighted by molar-refractivity contribution is 0.0466. The third-order valence-electron chi connectivity index (χ3n) is 4.53. The van der Waals surface area contributed by atoms with Crippen LogP contribution in [0.25, 0.3) is 4.96 Å². The first-order valence-corrected chi connectivity index (χ1v) is 10.1. The molecule has 0 radical (unpaired) electrons. The summed E-state index contributed by atoms with van der Waals surface area (Å²) in [4.78, 5) is 31.8. The second-order valence-corrected chi connectivity index (χ2v) is 7.19. The van der Waals surface area contributed by atoms with E-state index in [1.807, 2.05) is 16.7 Å². The summed E-state index contributed by atoms with van der Waals surface area (Å²) in [6.45, 7) is 9.04. The number of amides is 1. The summed E-state index contributed by atoms with van der Waals surface area (Å²) in [6.07, 6.45) is 1.72. The smallest absolute Gasteiger partial charge is 0.338 e. The van der Waals surface area contributed by atoms with Crippen molar-refractivity contribution >= 4 is 33.9 Å². The number of nitrogens with one attached hydrogen (secondary N) is 1. The molecular weight excluding hydrogens is 376 g/mol. The molecule has 1 N–H and O–H groups in total. The highest BCUT2D eigenvalue weighted by Gasteiger charge is 2.14. The molecule has 148 valence electrons. The van der Waals surface area contributed by atoms with E-state index >= 15 is 0 Å². The molecule has 0 aliphatic rings. The Bertz CT molecular complexity index is 958. The molecule has 0 fully saturated rings. The van der Waals surface area contributed by atoms with Crippen molar-refractivity contribution in [1.29, 1.82) is 0 Å². The van der Waals surface area contributed by atoms with Gasteiger partial charge < -0.3 is 15.0 Å². The van der Waals surface area contributed by atoms with Crippen molar-refractivity contribution in [1.82, 2.24) is 14.3 Å². The number of carbonyl (C=O) groups is 2. The molecule has 0 saturated carbocycles. The van der Waals surface area contributed by atoms with Crippen LogP contribution in [0, 0.1) is 6.92 Å². The van der Waals surface area contributed by atoms with Gasteiger partial charge in [-0.25, -0.2) is 9.78 Å². The number of rotatable bonds is 8. The molecule has 3 aromatic rings. The molecule has 0 aliphatic carbocycles. The zero-order valence-corrected chi connectivity index (χ0v) is 17.1. The van der Waals surface area contributed by atoms with Crippen LogP contribution < -0.4 is 5.32 Å². The highest BCUT2D eigenvalue weighted by Crippen LogP contribution is 2.17. The van der Waals surface area contributed by atoms with Gasteiger partial charge in [0.05, 0.1) is 5.56 Å². The maximum Gasteiger partial charge on any atom is 0.338 e. The number of ether oxygens (including phenoxy) is 1. The number of esters is 1. The second-order valence-electron chi connectivity index (χ2n) is 6.35. The van der Waals surface area contributed by atoms with Gasteiger partial charge >= 0.3 is 5.97 Å². The molecule has 0 unspecified atom stereocenters. The summed E-state index contributed by atoms with van der Waals surface area (Å²) in [6, 6.07) is 6.65. The van der Waals surface area contributed by atoms with Crippen LogP contribution in [0.15, 0.2) is 35.8 Å². The van der Waals surface area contributed by atoms with Crippen molar-refractivity contribution in [3.05, 3.63) is 52.8 Å². The fourth-order valence-corrected chi connectivity index (χ4v) is 3.63. The van der Waals surface area contributed by atoms with Crippen molar-refractivity contribution in [3.63, 3.8) is 0 Å². The predicted molar refractivity (Wildman–Crippen MR) is 110 cm³/mol. The largest absolute Gasteiger partial charge is 0.461 e. The Kier molecular flexibility index (Phi) is 6.43. The molecule has 0 spiro atoms. The average Bonchev–Trinajstić information content (AvgIpc) is 3.28. The van der Waals surface area contributed by atoms with Gasteiger partial charge in [-0.15, -0.1) is 11.3 Å². The van der Waals surface area contributed by atoms with E-state index in [1.54, 1.807) is 30.5 Å². The maximum absolute atomic E-state index is 12.4. The van der Waals surface area contributed by atoms with Crippen LogP contribution in [0.2, 0.25) is 0 Å². The minimum absolute atomic E-state index is 0.287. The highest BCUT2D eigenvalue weighted by atomic mass is 32.1. The zero-order chi connectivity index (χ0) is 20.1. The molecule has 1 amide bonds. The molecule has 0 aliphatic heterocycles. The Labute approximate surface area is 167 Å². The Morgan fingerprint density at radius 3 is 2.57 bits per heavy atom. The normalized spacial score (nSPS) is 11.1. The van der Waals surface area contributed by atoms with Crippen LogP contribution in [0.5, 0.6) is 0 Å². The standard InChI is InChI=1S/C20H24N4O3S/c1-4-23(5-2)10-11-27-19(26)15-6-8-16(9-7-15)21-18(25)17-12-24-14(3)13-28-20(24)22-17/h6-9,12-13H,4-5,10-11H2,1-3H3,(H,21,25). The van der Waals surface area contributed by atoms with E-state index in [1.165, 1.54) is 11.3 Å². The number of benzene rings is 1. The highest BCUT2D eigenvalue weighted by molar-refractivity contribution is 7.15. The summed E-state index contributed by atoms with van der Waals surface area (Å²) < 4.78 is 7.19. The SMILES string of the molecule is CCN(CC)CCOC(=O)c1ccc(NC(=O)c2cn3c(C)csc3n2)cc1. The Balaban J connectivity index is 1.56. The third kappa shape index (κ3) is 4.58. The number of nitrogens with zero attached hydrogens (tertiary/aromatic N) is 3. The van der Waals surface area contributed by atoms with E-state index < -0.39 is 0 Å². The van der Waals surface area contributed by atoms with E-state index in [0.717, 1.165) is 23.7 Å². The molecule has 1 aromatic carbocycles. The van der Waals surface area contributed by atoms with Gasteiger partial charge in [0, 0.05) is 29.5 Å². The van der Waals surface area contributed by atoms with Crippen LogP contribution in [0.1, 0.15) is 40.4 Å². The topological polar surface area (TPSA) is 75.9 Å². The number of likely N-dealkylation sites (N-methyl/N-ethyl adjacent to an activating group) is 1. The second kappa shape index (κ2) is 8.99. The summed E-state index contributed by atoms with van der Waals surface area (Å²) in [5.41, 5.74) is 2.44. The summed E-state index contributed by atoms with van der Waals surface area (Å²) in [5.74, 6) is -0.653. The van der Waals surface area contributed by atoms with E-state index in [2.05, 4.69) is 29.0 Å². The summed E-state index contributed by atoms with van der Waals surface area (Å²) in [5, 5.41) is 4.79. The Hall–Kier alpha value is -2.71. The first-order valence-electron chi connectivity index (χ1n) is 9.26. The summed E-state index contributed by atoms with van der Waals surface area (Å²) >= 11 is 1.49. The molecule has 2 heterocycles. The molecule has 7 nitrogen and oxygen atoms in total. The van der Waals surface area contributed by atoms with Crippen molar-refractivity contribution in [2.24, 2.45) is 0 Å². The number of fused-ring (bicyclic) bond motifs is 1. The van der Waals surface area contributed by atoms with Crippen LogP contribution in [0.4, 0.5) is 5.69 Å². The van der Waals surface area contributed by atoms with Gasteiger partial charge in [0.2, 0.25) is 0 Å².